The van der Waals surface area contributed by atoms with Gasteiger partial charge in [-0.05, 0) is 19.3 Å². The van der Waals surface area contributed by atoms with E-state index in [0.29, 0.717) is 12.3 Å². The molecule has 0 spiro atoms. The van der Waals surface area contributed by atoms with Gasteiger partial charge in [0.15, 0.2) is 0 Å². The average Bonchev–Trinajstić information content (AvgIpc) is 2.36. The Balaban J connectivity index is 3.28. The van der Waals surface area contributed by atoms with Crippen LogP contribution in [0.2, 0.25) is 0 Å². The average molecular weight is 237 g/mol. The van der Waals surface area contributed by atoms with Crippen LogP contribution in [0.3, 0.4) is 0 Å². The lowest BCUT2D eigenvalue weighted by molar-refractivity contribution is 0.406. The molecule has 0 rings (SSSR count). The molecule has 1 atom stereocenters. The first kappa shape index (κ1) is 17.0. The van der Waals surface area contributed by atoms with Crippen LogP contribution in [0.15, 0.2) is 0 Å². The van der Waals surface area contributed by atoms with Crippen LogP contribution in [0.1, 0.15) is 97.3 Å². The van der Waals surface area contributed by atoms with Gasteiger partial charge in [0, 0.05) is 0 Å². The number of rotatable bonds is 13. The molecule has 0 saturated heterocycles. The molecule has 0 heteroatoms. The van der Waals surface area contributed by atoms with Crippen LogP contribution < -0.4 is 0 Å². The van der Waals surface area contributed by atoms with Crippen molar-refractivity contribution >= 4 is 0 Å². The van der Waals surface area contributed by atoms with Gasteiger partial charge in [-0.2, -0.15) is 0 Å². The molecule has 17 heavy (non-hydrogen) atoms. The van der Waals surface area contributed by atoms with E-state index in [1.54, 1.807) is 0 Å². The summed E-state index contributed by atoms with van der Waals surface area (Å²) >= 11 is 0. The largest absolute Gasteiger partial charge is 0.0654 e. The van der Waals surface area contributed by atoms with Crippen LogP contribution >= 0.6 is 0 Å². The molecular weight excluding hydrogens is 204 g/mol. The van der Waals surface area contributed by atoms with Crippen molar-refractivity contribution in [2.24, 2.45) is 5.92 Å². The van der Waals surface area contributed by atoms with E-state index < -0.39 is 0 Å². The Kier molecular flexibility index (Phi) is 14.1. The van der Waals surface area contributed by atoms with Crippen molar-refractivity contribution in [2.45, 2.75) is 97.3 Å². The van der Waals surface area contributed by atoms with E-state index in [4.69, 9.17) is 6.92 Å². The lowest BCUT2D eigenvalue weighted by Crippen LogP contribution is -1.99. The maximum atomic E-state index is 7.59. The molecule has 0 aromatic carbocycles. The first-order chi connectivity index (χ1) is 8.35. The summed E-state index contributed by atoms with van der Waals surface area (Å²) in [6.45, 7) is 12.1. The van der Waals surface area contributed by atoms with Crippen molar-refractivity contribution < 1.29 is 0 Å². The lowest BCUT2D eigenvalue weighted by Gasteiger charge is -2.14. The Hall–Kier alpha value is 0. The van der Waals surface area contributed by atoms with Gasteiger partial charge in [0.05, 0.1) is 0 Å². The Bertz CT molecular complexity index is 128. The van der Waals surface area contributed by atoms with E-state index >= 15 is 0 Å². The van der Waals surface area contributed by atoms with Gasteiger partial charge in [0.1, 0.15) is 0 Å². The highest BCUT2D eigenvalue weighted by molar-refractivity contribution is 4.61. The molecule has 0 aromatic rings. The van der Waals surface area contributed by atoms with E-state index in [2.05, 4.69) is 13.8 Å². The Morgan fingerprint density at radius 2 is 1.06 bits per heavy atom. The van der Waals surface area contributed by atoms with Gasteiger partial charge >= 0.3 is 0 Å². The molecule has 0 heterocycles. The highest BCUT2D eigenvalue weighted by Crippen LogP contribution is 2.21. The zero-order valence-corrected chi connectivity index (χ0v) is 12.3. The minimum Gasteiger partial charge on any atom is -0.0654 e. The van der Waals surface area contributed by atoms with Gasteiger partial charge in [-0.25, -0.2) is 0 Å². The molecule has 3 radical (unpaired) electrons. The van der Waals surface area contributed by atoms with Crippen molar-refractivity contribution in [1.82, 2.24) is 0 Å². The normalized spacial score (nSPS) is 12.9. The van der Waals surface area contributed by atoms with Gasteiger partial charge in [-0.15, -0.1) is 0 Å². The predicted molar refractivity (Wildman–Crippen MR) is 78.1 cm³/mol. The van der Waals surface area contributed by atoms with Crippen molar-refractivity contribution in [2.75, 3.05) is 0 Å². The molecule has 0 aromatic heterocycles. The molecular formula is C17H33. The monoisotopic (exact) mass is 237 g/mol. The maximum absolute atomic E-state index is 7.59. The van der Waals surface area contributed by atoms with E-state index in [1.807, 2.05) is 0 Å². The van der Waals surface area contributed by atoms with Gasteiger partial charge in [-0.3, -0.25) is 0 Å². The Morgan fingerprint density at radius 3 is 1.53 bits per heavy atom. The number of hydrogen-bond acceptors (Lipinski definition) is 0. The van der Waals surface area contributed by atoms with E-state index in [0.717, 1.165) is 0 Å². The fraction of sp³-hybridized carbons (Fsp3) is 0.941. The van der Waals surface area contributed by atoms with Crippen molar-refractivity contribution in [3.8, 4) is 0 Å². The minimum atomic E-state index is 0.654. The fourth-order valence-electron chi connectivity index (χ4n) is 2.42. The summed E-state index contributed by atoms with van der Waals surface area (Å²) in [4.78, 5) is 0. The van der Waals surface area contributed by atoms with Crippen LogP contribution in [-0.2, 0) is 0 Å². The van der Waals surface area contributed by atoms with Gasteiger partial charge in [-0.1, -0.05) is 90.9 Å². The zero-order valence-electron chi connectivity index (χ0n) is 12.3. The predicted octanol–water partition coefficient (Wildman–Crippen LogP) is 6.30. The standard InChI is InChI=1S/C17H33/c1-4-7-9-11-12-14-16-17(6-3)15-13-10-8-5-2/h17H,4-16H2,1-2H3. The summed E-state index contributed by atoms with van der Waals surface area (Å²) in [5.74, 6) is 0.693. The van der Waals surface area contributed by atoms with E-state index in [-0.39, 0.29) is 0 Å². The second-order valence-electron chi connectivity index (χ2n) is 5.48. The van der Waals surface area contributed by atoms with Crippen LogP contribution in [-0.4, -0.2) is 0 Å². The first-order valence-electron chi connectivity index (χ1n) is 7.99. The topological polar surface area (TPSA) is 0 Å². The second kappa shape index (κ2) is 14.1. The quantitative estimate of drug-likeness (QED) is 0.330. The van der Waals surface area contributed by atoms with Crippen molar-refractivity contribution in [1.29, 1.82) is 0 Å². The van der Waals surface area contributed by atoms with Gasteiger partial charge < -0.3 is 0 Å². The molecule has 0 fully saturated rings. The van der Waals surface area contributed by atoms with E-state index in [1.165, 1.54) is 77.0 Å². The molecule has 101 valence electrons. The second-order valence-corrected chi connectivity index (χ2v) is 5.48. The molecule has 0 N–H and O–H groups in total. The van der Waals surface area contributed by atoms with Crippen LogP contribution in [0.25, 0.3) is 0 Å². The maximum Gasteiger partial charge on any atom is -0.00907 e. The molecule has 0 amide bonds. The van der Waals surface area contributed by atoms with E-state index in [9.17, 15) is 0 Å². The summed E-state index contributed by atoms with van der Waals surface area (Å²) in [5.41, 5.74) is 0. The molecule has 0 bridgehead atoms. The molecule has 0 saturated carbocycles. The summed E-state index contributed by atoms with van der Waals surface area (Å²) < 4.78 is 0. The smallest absolute Gasteiger partial charge is 0.00907 e. The highest BCUT2D eigenvalue weighted by atomic mass is 14.1. The van der Waals surface area contributed by atoms with Crippen molar-refractivity contribution in [3.63, 3.8) is 0 Å². The third-order valence-electron chi connectivity index (χ3n) is 3.72. The lowest BCUT2D eigenvalue weighted by atomic mass is 9.92. The van der Waals surface area contributed by atoms with Crippen LogP contribution in [0.5, 0.6) is 0 Å². The summed E-state index contributed by atoms with van der Waals surface area (Å²) in [5, 5.41) is 0. The third kappa shape index (κ3) is 12.2. The summed E-state index contributed by atoms with van der Waals surface area (Å²) in [6.07, 6.45) is 17.0. The molecule has 0 aliphatic carbocycles. The first-order valence-corrected chi connectivity index (χ1v) is 7.99. The Labute approximate surface area is 111 Å². The third-order valence-corrected chi connectivity index (χ3v) is 3.72. The molecule has 0 nitrogen and oxygen atoms in total. The number of unbranched alkanes of at least 4 members (excludes halogenated alkanes) is 8. The van der Waals surface area contributed by atoms with Crippen molar-refractivity contribution in [3.05, 3.63) is 6.92 Å². The summed E-state index contributed by atoms with van der Waals surface area (Å²) in [6, 6.07) is 0. The molecule has 0 aliphatic heterocycles. The highest BCUT2D eigenvalue weighted by Gasteiger charge is 2.05. The number of hydrogen-bond donors (Lipinski definition) is 0. The van der Waals surface area contributed by atoms with Gasteiger partial charge in [0.25, 0.3) is 0 Å². The molecule has 1 unspecified atom stereocenters. The van der Waals surface area contributed by atoms with Gasteiger partial charge in [0.2, 0.25) is 0 Å². The summed E-state index contributed by atoms with van der Waals surface area (Å²) in [7, 11) is 0. The van der Waals surface area contributed by atoms with Crippen LogP contribution in [0, 0.1) is 12.8 Å². The SMILES string of the molecule is [C]CC(CCCCCC)CCCCCCCC. The van der Waals surface area contributed by atoms with Crippen LogP contribution in [0.4, 0.5) is 0 Å². The Morgan fingerprint density at radius 1 is 0.647 bits per heavy atom. The zero-order chi connectivity index (χ0) is 12.8. The minimum absolute atomic E-state index is 0.654. The molecule has 0 aliphatic rings. The fourth-order valence-corrected chi connectivity index (χ4v) is 2.42.